The predicted octanol–water partition coefficient (Wildman–Crippen LogP) is 5.13. The van der Waals surface area contributed by atoms with Crippen LogP contribution in [0.3, 0.4) is 0 Å². The van der Waals surface area contributed by atoms with Crippen LogP contribution < -0.4 is 4.90 Å². The summed E-state index contributed by atoms with van der Waals surface area (Å²) in [6.07, 6.45) is 1.92. The van der Waals surface area contributed by atoms with Crippen molar-refractivity contribution in [2.75, 3.05) is 11.4 Å². The minimum Gasteiger partial charge on any atom is -0.320 e. The Morgan fingerprint density at radius 3 is 2.40 bits per heavy atom. The fourth-order valence-electron chi connectivity index (χ4n) is 2.59. The number of thioether (sulfide) groups is 1. The largest absolute Gasteiger partial charge is 0.320 e. The van der Waals surface area contributed by atoms with Crippen molar-refractivity contribution in [3.8, 4) is 0 Å². The Bertz CT molecular complexity index is 808. The molecule has 25 heavy (non-hydrogen) atoms. The molecule has 0 spiro atoms. The zero-order valence-electron chi connectivity index (χ0n) is 14.8. The molecular weight excluding hydrogens is 328 g/mol. The molecule has 0 saturated heterocycles. The summed E-state index contributed by atoms with van der Waals surface area (Å²) in [7, 11) is 0. The number of rotatable bonds is 4. The molecule has 2 aromatic rings. The first-order valence-electron chi connectivity index (χ1n) is 8.45. The van der Waals surface area contributed by atoms with E-state index in [-0.39, 0.29) is 5.91 Å². The SMILES string of the molecule is Cc1ccc(C=C2SC(N(CC(C)C)c3ccccc3)=NC2=O)cc1. The Morgan fingerprint density at radius 2 is 1.76 bits per heavy atom. The highest BCUT2D eigenvalue weighted by atomic mass is 32.2. The van der Waals surface area contributed by atoms with E-state index >= 15 is 0 Å². The fourth-order valence-corrected chi connectivity index (χ4v) is 3.54. The molecule has 0 N–H and O–H groups in total. The molecule has 3 nitrogen and oxygen atoms in total. The van der Waals surface area contributed by atoms with Gasteiger partial charge in [0.05, 0.1) is 4.91 Å². The van der Waals surface area contributed by atoms with E-state index in [1.165, 1.54) is 17.3 Å². The van der Waals surface area contributed by atoms with Crippen molar-refractivity contribution in [3.05, 3.63) is 70.6 Å². The third-order valence-corrected chi connectivity index (χ3v) is 4.84. The molecule has 4 heteroatoms. The van der Waals surface area contributed by atoms with Gasteiger partial charge in [-0.2, -0.15) is 4.99 Å². The number of amides is 1. The summed E-state index contributed by atoms with van der Waals surface area (Å²) in [5.41, 5.74) is 3.29. The lowest BCUT2D eigenvalue weighted by atomic mass is 10.1. The third-order valence-electron chi connectivity index (χ3n) is 3.83. The predicted molar refractivity (Wildman–Crippen MR) is 108 cm³/mol. The van der Waals surface area contributed by atoms with Crippen LogP contribution in [0, 0.1) is 12.8 Å². The molecule has 1 aliphatic heterocycles. The summed E-state index contributed by atoms with van der Waals surface area (Å²) >= 11 is 1.45. The van der Waals surface area contributed by atoms with Crippen LogP contribution in [-0.4, -0.2) is 17.6 Å². The van der Waals surface area contributed by atoms with Crippen LogP contribution in [0.2, 0.25) is 0 Å². The van der Waals surface area contributed by atoms with Gasteiger partial charge in [-0.1, -0.05) is 61.9 Å². The molecule has 1 aliphatic rings. The maximum Gasteiger partial charge on any atom is 0.286 e. The molecular formula is C21H22N2OS. The van der Waals surface area contributed by atoms with Gasteiger partial charge in [-0.3, -0.25) is 4.79 Å². The smallest absolute Gasteiger partial charge is 0.286 e. The van der Waals surface area contributed by atoms with Crippen LogP contribution in [0.4, 0.5) is 5.69 Å². The number of hydrogen-bond donors (Lipinski definition) is 0. The van der Waals surface area contributed by atoms with Crippen molar-refractivity contribution in [2.45, 2.75) is 20.8 Å². The minimum absolute atomic E-state index is 0.162. The van der Waals surface area contributed by atoms with Gasteiger partial charge in [0.2, 0.25) is 0 Å². The number of carbonyl (C=O) groups is 1. The molecule has 1 heterocycles. The summed E-state index contributed by atoms with van der Waals surface area (Å²) < 4.78 is 0. The molecule has 0 atom stereocenters. The maximum atomic E-state index is 12.4. The number of aryl methyl sites for hydroxylation is 1. The van der Waals surface area contributed by atoms with Crippen molar-refractivity contribution in [1.82, 2.24) is 0 Å². The quantitative estimate of drug-likeness (QED) is 0.717. The van der Waals surface area contributed by atoms with Gasteiger partial charge in [-0.05, 0) is 48.4 Å². The zero-order chi connectivity index (χ0) is 17.8. The first-order chi connectivity index (χ1) is 12.0. The van der Waals surface area contributed by atoms with Crippen molar-refractivity contribution < 1.29 is 4.79 Å². The molecule has 128 valence electrons. The second-order valence-corrected chi connectivity index (χ2v) is 7.57. The van der Waals surface area contributed by atoms with Crippen molar-refractivity contribution in [1.29, 1.82) is 0 Å². The van der Waals surface area contributed by atoms with E-state index in [1.54, 1.807) is 0 Å². The second-order valence-electron chi connectivity index (χ2n) is 6.56. The van der Waals surface area contributed by atoms with Gasteiger partial charge in [-0.25, -0.2) is 0 Å². The van der Waals surface area contributed by atoms with E-state index in [2.05, 4.69) is 42.8 Å². The molecule has 0 radical (unpaired) electrons. The lowest BCUT2D eigenvalue weighted by Gasteiger charge is -2.25. The summed E-state index contributed by atoms with van der Waals surface area (Å²) in [5, 5.41) is 0.753. The Labute approximate surface area is 153 Å². The van der Waals surface area contributed by atoms with E-state index in [0.717, 1.165) is 23.0 Å². The Hall–Kier alpha value is -2.33. The molecule has 0 saturated carbocycles. The summed E-state index contributed by atoms with van der Waals surface area (Å²) in [6.45, 7) is 7.21. The van der Waals surface area contributed by atoms with E-state index in [9.17, 15) is 4.79 Å². The number of para-hydroxylation sites is 1. The average molecular weight is 350 g/mol. The van der Waals surface area contributed by atoms with Gasteiger partial charge in [0, 0.05) is 12.2 Å². The van der Waals surface area contributed by atoms with Gasteiger partial charge in [0.15, 0.2) is 5.17 Å². The first-order valence-corrected chi connectivity index (χ1v) is 9.26. The molecule has 1 amide bonds. The van der Waals surface area contributed by atoms with Gasteiger partial charge < -0.3 is 4.90 Å². The summed E-state index contributed by atoms with van der Waals surface area (Å²) in [5.74, 6) is 0.300. The van der Waals surface area contributed by atoms with Crippen molar-refractivity contribution in [3.63, 3.8) is 0 Å². The van der Waals surface area contributed by atoms with Crippen LogP contribution in [-0.2, 0) is 4.79 Å². The highest BCUT2D eigenvalue weighted by molar-refractivity contribution is 8.18. The van der Waals surface area contributed by atoms with Crippen molar-refractivity contribution in [2.24, 2.45) is 10.9 Å². The number of amidine groups is 1. The van der Waals surface area contributed by atoms with Gasteiger partial charge in [0.25, 0.3) is 5.91 Å². The first kappa shape index (κ1) is 17.5. The summed E-state index contributed by atoms with van der Waals surface area (Å²) in [4.78, 5) is 19.5. The number of benzene rings is 2. The fraction of sp³-hybridized carbons (Fsp3) is 0.238. The zero-order valence-corrected chi connectivity index (χ0v) is 15.6. The normalized spacial score (nSPS) is 15.8. The Morgan fingerprint density at radius 1 is 1.08 bits per heavy atom. The van der Waals surface area contributed by atoms with Crippen LogP contribution in [0.15, 0.2) is 64.5 Å². The third kappa shape index (κ3) is 4.40. The second kappa shape index (κ2) is 7.70. The number of anilines is 1. The Kier molecular flexibility index (Phi) is 5.39. The van der Waals surface area contributed by atoms with E-state index in [0.29, 0.717) is 10.8 Å². The molecule has 2 aromatic carbocycles. The number of nitrogens with zero attached hydrogens (tertiary/aromatic N) is 2. The number of carbonyl (C=O) groups excluding carboxylic acids is 1. The average Bonchev–Trinajstić information content (AvgIpc) is 2.96. The highest BCUT2D eigenvalue weighted by Crippen LogP contribution is 2.32. The van der Waals surface area contributed by atoms with Crippen LogP contribution in [0.1, 0.15) is 25.0 Å². The maximum absolute atomic E-state index is 12.4. The molecule has 0 fully saturated rings. The molecule has 0 aromatic heterocycles. The van der Waals surface area contributed by atoms with Gasteiger partial charge in [-0.15, -0.1) is 0 Å². The molecule has 0 unspecified atom stereocenters. The van der Waals surface area contributed by atoms with Crippen LogP contribution in [0.25, 0.3) is 6.08 Å². The van der Waals surface area contributed by atoms with E-state index in [4.69, 9.17) is 0 Å². The monoisotopic (exact) mass is 350 g/mol. The highest BCUT2D eigenvalue weighted by Gasteiger charge is 2.27. The van der Waals surface area contributed by atoms with Crippen molar-refractivity contribution >= 4 is 34.6 Å². The van der Waals surface area contributed by atoms with Crippen LogP contribution >= 0.6 is 11.8 Å². The molecule has 3 rings (SSSR count). The Balaban J connectivity index is 1.85. The van der Waals surface area contributed by atoms with Gasteiger partial charge >= 0.3 is 0 Å². The standard InChI is InChI=1S/C21H22N2OS/c1-15(2)14-23(18-7-5-4-6-8-18)21-22-20(24)19(25-21)13-17-11-9-16(3)10-12-17/h4-13,15H,14H2,1-3H3. The lowest BCUT2D eigenvalue weighted by molar-refractivity contribution is -0.113. The number of hydrogen-bond acceptors (Lipinski definition) is 3. The number of aliphatic imine (C=N–C) groups is 1. The lowest BCUT2D eigenvalue weighted by Crippen LogP contribution is -2.31. The summed E-state index contributed by atoms with van der Waals surface area (Å²) in [6, 6.07) is 18.3. The van der Waals surface area contributed by atoms with E-state index in [1.807, 2.05) is 48.5 Å². The van der Waals surface area contributed by atoms with E-state index < -0.39 is 0 Å². The topological polar surface area (TPSA) is 32.7 Å². The molecule has 0 bridgehead atoms. The van der Waals surface area contributed by atoms with Crippen LogP contribution in [0.5, 0.6) is 0 Å². The minimum atomic E-state index is -0.162. The van der Waals surface area contributed by atoms with Gasteiger partial charge in [0.1, 0.15) is 0 Å². The molecule has 0 aliphatic carbocycles.